The van der Waals surface area contributed by atoms with Crippen LogP contribution in [-0.2, 0) is 17.3 Å². The maximum atomic E-state index is 10.2. The molecule has 1 aliphatic carbocycles. The number of aromatic nitrogens is 2. The van der Waals surface area contributed by atoms with Crippen LogP contribution < -0.4 is 9.47 Å². The Morgan fingerprint density at radius 1 is 0.938 bits per heavy atom. The number of imidazole rings is 1. The topological polar surface area (TPSA) is 70.3 Å². The number of ether oxygens (including phenoxy) is 2. The molecule has 0 radical (unpaired) electrons. The minimum Gasteiger partial charge on any atom is -0.496 e. The third kappa shape index (κ3) is 3.81. The maximum absolute atomic E-state index is 10.2. The van der Waals surface area contributed by atoms with Gasteiger partial charge in [-0.1, -0.05) is 52.0 Å². The fraction of sp³-hybridized carbons (Fsp3) is 0.423. The second-order valence-electron chi connectivity index (χ2n) is 9.95. The van der Waals surface area contributed by atoms with Gasteiger partial charge in [0.1, 0.15) is 11.5 Å². The van der Waals surface area contributed by atoms with Crippen LogP contribution in [0.5, 0.6) is 17.4 Å². The van der Waals surface area contributed by atoms with Crippen LogP contribution in [0, 0.1) is 4.77 Å². The van der Waals surface area contributed by atoms with E-state index in [9.17, 15) is 5.11 Å². The van der Waals surface area contributed by atoms with Crippen LogP contribution >= 0.6 is 12.2 Å². The molecule has 0 spiro atoms. The van der Waals surface area contributed by atoms with Crippen molar-refractivity contribution < 1.29 is 14.6 Å². The average Bonchev–Trinajstić information content (AvgIpc) is 3.07. The molecule has 4 rings (SSSR count). The first kappa shape index (κ1) is 22.5. The van der Waals surface area contributed by atoms with E-state index in [1.54, 1.807) is 14.2 Å². The Morgan fingerprint density at radius 2 is 1.62 bits per heavy atom. The Kier molecular flexibility index (Phi) is 5.61. The molecule has 170 valence electrons. The summed E-state index contributed by atoms with van der Waals surface area (Å²) in [7, 11) is 3.35. The van der Waals surface area contributed by atoms with Crippen molar-refractivity contribution >= 4 is 12.2 Å². The molecule has 3 N–H and O–H groups in total. The zero-order valence-electron chi connectivity index (χ0n) is 19.7. The molecular weight excluding hydrogens is 420 g/mol. The van der Waals surface area contributed by atoms with Crippen LogP contribution in [-0.4, -0.2) is 29.3 Å². The Hall–Kier alpha value is -2.73. The van der Waals surface area contributed by atoms with Gasteiger partial charge in [0.05, 0.1) is 25.5 Å². The van der Waals surface area contributed by atoms with Crippen molar-refractivity contribution in [3.63, 3.8) is 0 Å². The van der Waals surface area contributed by atoms with Gasteiger partial charge in [0.15, 0.2) is 4.77 Å². The van der Waals surface area contributed by atoms with Crippen molar-refractivity contribution in [2.45, 2.75) is 57.8 Å². The summed E-state index contributed by atoms with van der Waals surface area (Å²) in [6, 6.07) is 10.7. The molecule has 0 saturated heterocycles. The van der Waals surface area contributed by atoms with E-state index in [1.807, 2.05) is 12.1 Å². The highest BCUT2D eigenvalue weighted by Crippen LogP contribution is 2.49. The lowest BCUT2D eigenvalue weighted by Crippen LogP contribution is -2.33. The van der Waals surface area contributed by atoms with Gasteiger partial charge in [-0.15, -0.1) is 0 Å². The minimum atomic E-state index is 0.0483. The molecule has 1 heterocycles. The molecule has 6 heteroatoms. The second-order valence-corrected chi connectivity index (χ2v) is 10.4. The summed E-state index contributed by atoms with van der Waals surface area (Å²) < 4.78 is 12.1. The minimum absolute atomic E-state index is 0.0483. The molecule has 5 nitrogen and oxygen atoms in total. The quantitative estimate of drug-likeness (QED) is 0.392. The Bertz CT molecular complexity index is 1220. The van der Waals surface area contributed by atoms with Crippen LogP contribution in [0.1, 0.15) is 62.9 Å². The van der Waals surface area contributed by atoms with Crippen molar-refractivity contribution in [1.82, 2.24) is 9.97 Å². The molecule has 0 fully saturated rings. The van der Waals surface area contributed by atoms with Crippen LogP contribution in [0.2, 0.25) is 0 Å². The van der Waals surface area contributed by atoms with Gasteiger partial charge in [0, 0.05) is 12.0 Å². The number of fused-ring (bicyclic) bond motifs is 1. The van der Waals surface area contributed by atoms with E-state index in [-0.39, 0.29) is 16.7 Å². The van der Waals surface area contributed by atoms with Crippen molar-refractivity contribution in [2.24, 2.45) is 0 Å². The van der Waals surface area contributed by atoms with E-state index in [4.69, 9.17) is 21.7 Å². The predicted octanol–water partition coefficient (Wildman–Crippen LogP) is 6.40. The third-order valence-electron chi connectivity index (χ3n) is 6.92. The summed E-state index contributed by atoms with van der Waals surface area (Å²) in [5.41, 5.74) is 6.59. The standard InChI is InChI=1S/C26H32N2O3S/c1-25(2)11-12-26(3,4)18-13-15(7-9-17(18)25)21-20(30-5)10-8-16(22(21)31-6)14-19-23(29)28-24(32)27-19/h7-10,13,29H,11-12,14H2,1-6H3,(H2,27,28,32). The van der Waals surface area contributed by atoms with Gasteiger partial charge in [-0.2, -0.15) is 0 Å². The molecule has 0 saturated carbocycles. The summed E-state index contributed by atoms with van der Waals surface area (Å²) in [5, 5.41) is 10.2. The second kappa shape index (κ2) is 8.00. The fourth-order valence-corrected chi connectivity index (χ4v) is 5.12. The molecule has 1 aliphatic rings. The van der Waals surface area contributed by atoms with E-state index in [0.717, 1.165) is 34.6 Å². The molecular formula is C26H32N2O3S. The van der Waals surface area contributed by atoms with Gasteiger partial charge >= 0.3 is 0 Å². The highest BCUT2D eigenvalue weighted by molar-refractivity contribution is 7.71. The molecule has 2 aromatic carbocycles. The lowest BCUT2D eigenvalue weighted by Gasteiger charge is -2.42. The molecule has 0 unspecified atom stereocenters. The monoisotopic (exact) mass is 452 g/mol. The van der Waals surface area contributed by atoms with Crippen LogP contribution in [0.4, 0.5) is 0 Å². The number of methoxy groups -OCH3 is 2. The Morgan fingerprint density at radius 3 is 2.22 bits per heavy atom. The van der Waals surface area contributed by atoms with Crippen molar-refractivity contribution in [1.29, 1.82) is 0 Å². The maximum Gasteiger partial charge on any atom is 0.210 e. The van der Waals surface area contributed by atoms with Gasteiger partial charge in [-0.3, -0.25) is 0 Å². The summed E-state index contributed by atoms with van der Waals surface area (Å²) in [5.74, 6) is 1.54. The Labute approximate surface area is 194 Å². The van der Waals surface area contributed by atoms with Crippen LogP contribution in [0.25, 0.3) is 11.1 Å². The first-order valence-corrected chi connectivity index (χ1v) is 11.4. The van der Waals surface area contributed by atoms with E-state index in [0.29, 0.717) is 16.9 Å². The summed E-state index contributed by atoms with van der Waals surface area (Å²) in [4.78, 5) is 5.75. The molecule has 1 aromatic heterocycles. The van der Waals surface area contributed by atoms with Gasteiger partial charge in [-0.05, 0) is 58.6 Å². The van der Waals surface area contributed by atoms with Crippen molar-refractivity contribution in [3.05, 3.63) is 57.5 Å². The summed E-state index contributed by atoms with van der Waals surface area (Å²) >= 11 is 5.11. The average molecular weight is 453 g/mol. The van der Waals surface area contributed by atoms with Crippen LogP contribution in [0.3, 0.4) is 0 Å². The van der Waals surface area contributed by atoms with Gasteiger partial charge in [0.2, 0.25) is 5.88 Å². The number of H-pyrrole nitrogens is 2. The van der Waals surface area contributed by atoms with E-state index in [2.05, 4.69) is 55.9 Å². The molecule has 0 atom stereocenters. The lowest BCUT2D eigenvalue weighted by atomic mass is 9.63. The summed E-state index contributed by atoms with van der Waals surface area (Å²) in [6.07, 6.45) is 2.77. The lowest BCUT2D eigenvalue weighted by molar-refractivity contribution is 0.332. The highest BCUT2D eigenvalue weighted by Gasteiger charge is 2.37. The van der Waals surface area contributed by atoms with Crippen LogP contribution in [0.15, 0.2) is 30.3 Å². The number of benzene rings is 2. The Balaban J connectivity index is 1.90. The zero-order chi connectivity index (χ0) is 23.3. The first-order chi connectivity index (χ1) is 15.1. The third-order valence-corrected chi connectivity index (χ3v) is 7.12. The molecule has 0 aliphatic heterocycles. The summed E-state index contributed by atoms with van der Waals surface area (Å²) in [6.45, 7) is 9.31. The van der Waals surface area contributed by atoms with E-state index < -0.39 is 0 Å². The van der Waals surface area contributed by atoms with E-state index >= 15 is 0 Å². The number of nitrogens with one attached hydrogen (secondary N) is 2. The number of aromatic hydroxyl groups is 1. The van der Waals surface area contributed by atoms with Gasteiger partial charge in [0.25, 0.3) is 0 Å². The van der Waals surface area contributed by atoms with E-state index in [1.165, 1.54) is 17.5 Å². The largest absolute Gasteiger partial charge is 0.496 e. The normalized spacial score (nSPS) is 16.4. The number of aromatic amines is 2. The number of hydrogen-bond acceptors (Lipinski definition) is 4. The van der Waals surface area contributed by atoms with Gasteiger partial charge in [-0.25, -0.2) is 0 Å². The smallest absolute Gasteiger partial charge is 0.210 e. The van der Waals surface area contributed by atoms with Gasteiger partial charge < -0.3 is 24.5 Å². The molecule has 0 bridgehead atoms. The number of hydrogen-bond donors (Lipinski definition) is 3. The van der Waals surface area contributed by atoms with Crippen molar-refractivity contribution in [3.8, 4) is 28.5 Å². The fourth-order valence-electron chi connectivity index (χ4n) is 4.90. The molecule has 0 amide bonds. The molecule has 3 aromatic rings. The highest BCUT2D eigenvalue weighted by atomic mass is 32.1. The zero-order valence-corrected chi connectivity index (χ0v) is 20.5. The SMILES string of the molecule is COc1ccc(Cc2[nH]c(=S)[nH]c2O)c(OC)c1-c1ccc2c(c1)C(C)(C)CCC2(C)C. The predicted molar refractivity (Wildman–Crippen MR) is 131 cm³/mol. The van der Waals surface area contributed by atoms with Crippen molar-refractivity contribution in [2.75, 3.05) is 14.2 Å². The molecule has 32 heavy (non-hydrogen) atoms. The number of rotatable bonds is 5. The first-order valence-electron chi connectivity index (χ1n) is 11.0.